The molecule has 4 heterocycles. The molecule has 46 heavy (non-hydrogen) atoms. The molecule has 0 atom stereocenters. The molecule has 1 saturated heterocycles. The van der Waals surface area contributed by atoms with Gasteiger partial charge in [-0.05, 0) is 42.2 Å². The van der Waals surface area contributed by atoms with E-state index in [9.17, 15) is 19.1 Å². The molecule has 1 fully saturated rings. The quantitative estimate of drug-likeness (QED) is 0.218. The standard InChI is InChI=1S/C33H34ClFN6O5/c1-39-30(23-6-4-22(5-7-23)19-46-32(43)36-13-12-35)28-29(38-39)31(42)41(21-37-28)20-33(44)10-14-40(15-11-33)18-25-9-8-24(17-26(25)34)27-3-2-16-45-27/h2-9,16-17,21,44H,10-15,18-20H2,1H3,(H,36,43). The molecule has 13 heteroatoms. The van der Waals surface area contributed by atoms with Crippen molar-refractivity contribution in [2.75, 3.05) is 26.3 Å². The largest absolute Gasteiger partial charge is 0.464 e. The number of carbonyl (C=O) groups is 1. The van der Waals surface area contributed by atoms with Crippen molar-refractivity contribution in [2.45, 2.75) is 38.1 Å². The number of halogens is 2. The molecule has 0 radical (unpaired) electrons. The minimum atomic E-state index is -1.07. The summed E-state index contributed by atoms with van der Waals surface area (Å²) in [7, 11) is 1.74. The van der Waals surface area contributed by atoms with Gasteiger partial charge in [-0.15, -0.1) is 0 Å². The van der Waals surface area contributed by atoms with Gasteiger partial charge in [-0.1, -0.05) is 48.0 Å². The van der Waals surface area contributed by atoms with Crippen molar-refractivity contribution in [3.8, 4) is 22.6 Å². The summed E-state index contributed by atoms with van der Waals surface area (Å²) < 4.78 is 25.8. The SMILES string of the molecule is Cn1nc2c(=O)n(CC3(O)CCN(Cc4ccc(-c5ccco5)cc4Cl)CC3)cnc2c1-c1ccc(COC(=O)NCCF)cc1. The van der Waals surface area contributed by atoms with Crippen LogP contribution >= 0.6 is 11.6 Å². The lowest BCUT2D eigenvalue weighted by Gasteiger charge is -2.38. The van der Waals surface area contributed by atoms with Crippen LogP contribution in [0.4, 0.5) is 9.18 Å². The fourth-order valence-corrected chi connectivity index (χ4v) is 5.99. The van der Waals surface area contributed by atoms with Crippen LogP contribution in [-0.2, 0) is 31.5 Å². The van der Waals surface area contributed by atoms with Crippen LogP contribution in [0.3, 0.4) is 0 Å². The molecular formula is C33H34ClFN6O5. The number of rotatable bonds is 10. The highest BCUT2D eigenvalue weighted by molar-refractivity contribution is 6.31. The monoisotopic (exact) mass is 648 g/mol. The molecule has 1 amide bonds. The van der Waals surface area contributed by atoms with Crippen molar-refractivity contribution >= 4 is 28.7 Å². The lowest BCUT2D eigenvalue weighted by Crippen LogP contribution is -2.47. The number of hydrogen-bond donors (Lipinski definition) is 2. The van der Waals surface area contributed by atoms with E-state index < -0.39 is 18.4 Å². The smallest absolute Gasteiger partial charge is 0.407 e. The summed E-state index contributed by atoms with van der Waals surface area (Å²) in [5.41, 5.74) is 3.38. The number of likely N-dealkylation sites (tertiary alicyclic amines) is 1. The number of ether oxygens (including phenoxy) is 1. The number of benzene rings is 2. The Hall–Kier alpha value is -4.52. The summed E-state index contributed by atoms with van der Waals surface area (Å²) in [6.45, 7) is 1.33. The van der Waals surface area contributed by atoms with Gasteiger partial charge in [0.15, 0.2) is 5.52 Å². The van der Waals surface area contributed by atoms with Crippen LogP contribution in [-0.4, -0.2) is 67.3 Å². The number of aryl methyl sites for hydroxylation is 1. The number of fused-ring (bicyclic) bond motifs is 1. The fraction of sp³-hybridized carbons (Fsp3) is 0.333. The summed E-state index contributed by atoms with van der Waals surface area (Å²) in [6, 6.07) is 16.9. The summed E-state index contributed by atoms with van der Waals surface area (Å²) >= 11 is 6.59. The third kappa shape index (κ3) is 6.84. The molecule has 1 aliphatic heterocycles. The van der Waals surface area contributed by atoms with Gasteiger partial charge in [-0.2, -0.15) is 5.10 Å². The van der Waals surface area contributed by atoms with Gasteiger partial charge in [0.05, 0.1) is 30.4 Å². The van der Waals surface area contributed by atoms with E-state index in [-0.39, 0.29) is 30.8 Å². The molecule has 240 valence electrons. The molecule has 2 N–H and O–H groups in total. The molecule has 1 aliphatic rings. The number of hydrogen-bond acceptors (Lipinski definition) is 8. The lowest BCUT2D eigenvalue weighted by molar-refractivity contribution is -0.0364. The van der Waals surface area contributed by atoms with Crippen LogP contribution in [0, 0.1) is 0 Å². The topological polar surface area (TPSA) is 128 Å². The zero-order valence-electron chi connectivity index (χ0n) is 25.3. The zero-order valence-corrected chi connectivity index (χ0v) is 26.0. The van der Waals surface area contributed by atoms with Crippen LogP contribution in [0.5, 0.6) is 0 Å². The van der Waals surface area contributed by atoms with Crippen molar-refractivity contribution in [3.05, 3.63) is 93.7 Å². The molecule has 6 rings (SSSR count). The van der Waals surface area contributed by atoms with Crippen molar-refractivity contribution < 1.29 is 23.4 Å². The number of amides is 1. The minimum absolute atomic E-state index is 0.0293. The molecule has 3 aromatic heterocycles. The summed E-state index contributed by atoms with van der Waals surface area (Å²) in [4.78, 5) is 31.9. The molecule has 0 unspecified atom stereocenters. The second-order valence-electron chi connectivity index (χ2n) is 11.5. The number of piperidine rings is 1. The van der Waals surface area contributed by atoms with Crippen molar-refractivity contribution in [1.29, 1.82) is 0 Å². The van der Waals surface area contributed by atoms with Crippen LogP contribution in [0.25, 0.3) is 33.6 Å². The van der Waals surface area contributed by atoms with E-state index in [0.29, 0.717) is 48.7 Å². The molecule has 0 saturated carbocycles. The number of nitrogens with zero attached hydrogens (tertiary/aromatic N) is 5. The van der Waals surface area contributed by atoms with E-state index in [0.717, 1.165) is 28.0 Å². The number of aliphatic hydroxyl groups is 1. The minimum Gasteiger partial charge on any atom is -0.464 e. The molecule has 11 nitrogen and oxygen atoms in total. The molecule has 0 bridgehead atoms. The highest BCUT2D eigenvalue weighted by Gasteiger charge is 2.33. The highest BCUT2D eigenvalue weighted by Crippen LogP contribution is 2.30. The number of nitrogens with one attached hydrogen (secondary N) is 1. The van der Waals surface area contributed by atoms with Crippen LogP contribution in [0.15, 0.2) is 76.4 Å². The molecular weight excluding hydrogens is 615 g/mol. The van der Waals surface area contributed by atoms with E-state index >= 15 is 0 Å². The molecule has 5 aromatic rings. The second-order valence-corrected chi connectivity index (χ2v) is 11.9. The first-order valence-electron chi connectivity index (χ1n) is 15.0. The number of aromatic nitrogens is 4. The van der Waals surface area contributed by atoms with Crippen LogP contribution < -0.4 is 10.9 Å². The Morgan fingerprint density at radius 2 is 1.89 bits per heavy atom. The highest BCUT2D eigenvalue weighted by atomic mass is 35.5. The van der Waals surface area contributed by atoms with Gasteiger partial charge >= 0.3 is 6.09 Å². The van der Waals surface area contributed by atoms with Gasteiger partial charge in [0, 0.05) is 49.4 Å². The van der Waals surface area contributed by atoms with Crippen molar-refractivity contribution in [3.63, 3.8) is 0 Å². The van der Waals surface area contributed by atoms with E-state index in [1.54, 1.807) is 30.1 Å². The van der Waals surface area contributed by atoms with Crippen LogP contribution in [0.2, 0.25) is 5.02 Å². The Morgan fingerprint density at radius 1 is 1.13 bits per heavy atom. The summed E-state index contributed by atoms with van der Waals surface area (Å²) in [5, 5.41) is 18.9. The Labute approximate surface area is 269 Å². The predicted molar refractivity (Wildman–Crippen MR) is 171 cm³/mol. The lowest BCUT2D eigenvalue weighted by atomic mass is 9.91. The predicted octanol–water partition coefficient (Wildman–Crippen LogP) is 4.93. The zero-order chi connectivity index (χ0) is 32.3. The van der Waals surface area contributed by atoms with E-state index in [2.05, 4.69) is 20.3 Å². The number of alkyl carbamates (subject to hydrolysis) is 1. The van der Waals surface area contributed by atoms with Gasteiger partial charge in [0.2, 0.25) is 0 Å². The molecule has 0 spiro atoms. The van der Waals surface area contributed by atoms with Gasteiger partial charge in [-0.3, -0.25) is 18.9 Å². The maximum Gasteiger partial charge on any atom is 0.407 e. The molecule has 0 aliphatic carbocycles. The van der Waals surface area contributed by atoms with Crippen molar-refractivity contribution in [2.24, 2.45) is 7.05 Å². The Morgan fingerprint density at radius 3 is 2.59 bits per heavy atom. The number of alkyl halides is 1. The maximum atomic E-state index is 13.5. The first-order valence-corrected chi connectivity index (χ1v) is 15.4. The van der Waals surface area contributed by atoms with Crippen molar-refractivity contribution in [1.82, 2.24) is 29.5 Å². The van der Waals surface area contributed by atoms with Gasteiger partial charge in [0.25, 0.3) is 5.56 Å². The summed E-state index contributed by atoms with van der Waals surface area (Å²) in [6.07, 6.45) is 3.39. The molecule has 2 aromatic carbocycles. The first kappa shape index (κ1) is 31.5. The van der Waals surface area contributed by atoms with Crippen LogP contribution in [0.1, 0.15) is 24.0 Å². The average Bonchev–Trinajstić information content (AvgIpc) is 3.71. The van der Waals surface area contributed by atoms with E-state index in [1.807, 2.05) is 42.5 Å². The Bertz CT molecular complexity index is 1880. The normalized spacial score (nSPS) is 14.9. The van der Waals surface area contributed by atoms with E-state index in [1.165, 1.54) is 10.9 Å². The van der Waals surface area contributed by atoms with Gasteiger partial charge < -0.3 is 19.6 Å². The van der Waals surface area contributed by atoms with Gasteiger partial charge in [0.1, 0.15) is 24.6 Å². The fourth-order valence-electron chi connectivity index (χ4n) is 5.75. The van der Waals surface area contributed by atoms with Gasteiger partial charge in [-0.25, -0.2) is 14.2 Å². The van der Waals surface area contributed by atoms with E-state index in [4.69, 9.17) is 20.8 Å². The third-order valence-electron chi connectivity index (χ3n) is 8.28. The summed E-state index contributed by atoms with van der Waals surface area (Å²) in [5.74, 6) is 0.762. The second kappa shape index (κ2) is 13.5. The maximum absolute atomic E-state index is 13.5. The average molecular weight is 649 g/mol. The number of furan rings is 1. The third-order valence-corrected chi connectivity index (χ3v) is 8.63. The number of carbonyl (C=O) groups excluding carboxylic acids is 1. The Kier molecular flexibility index (Phi) is 9.20. The first-order chi connectivity index (χ1) is 22.2. The Balaban J connectivity index is 1.10.